The average Bonchev–Trinajstić information content (AvgIpc) is 2.98. The Hall–Kier alpha value is -1.17. The van der Waals surface area contributed by atoms with Crippen molar-refractivity contribution in [3.05, 3.63) is 24.3 Å². The Morgan fingerprint density at radius 1 is 0.585 bits per heavy atom. The van der Waals surface area contributed by atoms with Crippen LogP contribution in [0.5, 0.6) is 0 Å². The summed E-state index contributed by atoms with van der Waals surface area (Å²) in [6.45, 7) is 4.10. The molecule has 1 amide bonds. The summed E-state index contributed by atoms with van der Waals surface area (Å²) < 4.78 is 0. The second-order valence-electron chi connectivity index (χ2n) is 12.1. The van der Waals surface area contributed by atoms with E-state index in [1.165, 1.54) is 116 Å². The molecule has 0 radical (unpaired) electrons. The highest BCUT2D eigenvalue weighted by atomic mass is 16.3. The average molecular weight is 580 g/mol. The van der Waals surface area contributed by atoms with Crippen LogP contribution >= 0.6 is 0 Å². The largest absolute Gasteiger partial charge is 0.394 e. The Bertz CT molecular complexity index is 606. The molecule has 0 spiro atoms. The van der Waals surface area contributed by atoms with E-state index in [0.29, 0.717) is 6.42 Å². The summed E-state index contributed by atoms with van der Waals surface area (Å²) in [5.41, 5.74) is 0. The molecule has 0 aromatic carbocycles. The van der Waals surface area contributed by atoms with E-state index in [1.54, 1.807) is 6.08 Å². The number of aliphatic hydroxyl groups excluding tert-OH is 3. The first-order valence-corrected chi connectivity index (χ1v) is 17.7. The molecule has 0 heterocycles. The third kappa shape index (κ3) is 27.4. The highest BCUT2D eigenvalue weighted by Crippen LogP contribution is 2.15. The second kappa shape index (κ2) is 31.8. The summed E-state index contributed by atoms with van der Waals surface area (Å²) in [6.07, 6.45) is 36.3. The maximum absolute atomic E-state index is 12.3. The van der Waals surface area contributed by atoms with Crippen molar-refractivity contribution in [3.63, 3.8) is 0 Å². The van der Waals surface area contributed by atoms with Gasteiger partial charge in [0, 0.05) is 0 Å². The number of aliphatic hydroxyl groups is 3. The van der Waals surface area contributed by atoms with Crippen LogP contribution in [0.15, 0.2) is 24.3 Å². The molecule has 0 aliphatic rings. The number of carbonyl (C=O) groups is 1. The minimum absolute atomic E-state index is 0.375. The zero-order valence-electron chi connectivity index (χ0n) is 27.2. The number of unbranched alkanes of at least 4 members (excludes halogenated alkanes) is 21. The molecule has 0 saturated carbocycles. The lowest BCUT2D eigenvalue weighted by Gasteiger charge is -2.21. The fourth-order valence-corrected chi connectivity index (χ4v) is 5.20. The summed E-state index contributed by atoms with van der Waals surface area (Å²) in [5.74, 6) is -0.515. The van der Waals surface area contributed by atoms with Gasteiger partial charge < -0.3 is 20.6 Å². The van der Waals surface area contributed by atoms with Gasteiger partial charge in [0.05, 0.1) is 18.8 Å². The van der Waals surface area contributed by atoms with Crippen LogP contribution in [0.4, 0.5) is 0 Å². The van der Waals surface area contributed by atoms with Gasteiger partial charge in [0.2, 0.25) is 5.91 Å². The van der Waals surface area contributed by atoms with Gasteiger partial charge in [-0.3, -0.25) is 4.79 Å². The van der Waals surface area contributed by atoms with Crippen molar-refractivity contribution in [2.45, 2.75) is 193 Å². The van der Waals surface area contributed by atoms with E-state index in [9.17, 15) is 20.1 Å². The lowest BCUT2D eigenvalue weighted by molar-refractivity contribution is -0.131. The number of hydrogen-bond donors (Lipinski definition) is 4. The molecular formula is C36H69NO4. The van der Waals surface area contributed by atoms with E-state index in [-0.39, 0.29) is 6.61 Å². The van der Waals surface area contributed by atoms with Crippen molar-refractivity contribution >= 4 is 5.91 Å². The van der Waals surface area contributed by atoms with Gasteiger partial charge >= 0.3 is 0 Å². The molecule has 0 aromatic heterocycles. The molecule has 0 saturated heterocycles. The van der Waals surface area contributed by atoms with Crippen LogP contribution in [0.2, 0.25) is 0 Å². The number of carbonyl (C=O) groups excluding carboxylic acids is 1. The fraction of sp³-hybridized carbons (Fsp3) is 0.861. The molecule has 0 aromatic rings. The number of rotatable bonds is 31. The van der Waals surface area contributed by atoms with Gasteiger partial charge in [0.15, 0.2) is 0 Å². The van der Waals surface area contributed by atoms with Gasteiger partial charge in [-0.15, -0.1) is 0 Å². The molecule has 5 heteroatoms. The SMILES string of the molecule is CCCCC/C=C/CC/C=C/C(O)C(CO)NC(=O)C(O)CCCCCCCCCCCCCCCCCCCC. The van der Waals surface area contributed by atoms with E-state index in [4.69, 9.17) is 0 Å². The zero-order valence-corrected chi connectivity index (χ0v) is 27.2. The van der Waals surface area contributed by atoms with E-state index < -0.39 is 24.2 Å². The van der Waals surface area contributed by atoms with Crippen LogP contribution in [-0.4, -0.2) is 46.1 Å². The lowest BCUT2D eigenvalue weighted by atomic mass is 10.0. The van der Waals surface area contributed by atoms with Crippen LogP contribution in [0.1, 0.15) is 174 Å². The maximum atomic E-state index is 12.3. The molecule has 0 fully saturated rings. The summed E-state index contributed by atoms with van der Waals surface area (Å²) in [6, 6.07) is -0.807. The van der Waals surface area contributed by atoms with Crippen molar-refractivity contribution in [1.29, 1.82) is 0 Å². The third-order valence-corrected chi connectivity index (χ3v) is 8.04. The molecule has 0 aliphatic carbocycles. The molecule has 4 N–H and O–H groups in total. The number of nitrogens with one attached hydrogen (secondary N) is 1. The number of amides is 1. The molecule has 242 valence electrons. The van der Waals surface area contributed by atoms with Crippen LogP contribution in [-0.2, 0) is 4.79 Å². The first-order valence-electron chi connectivity index (χ1n) is 17.7. The van der Waals surface area contributed by atoms with Gasteiger partial charge in [-0.2, -0.15) is 0 Å². The highest BCUT2D eigenvalue weighted by Gasteiger charge is 2.22. The maximum Gasteiger partial charge on any atom is 0.249 e. The van der Waals surface area contributed by atoms with Crippen LogP contribution < -0.4 is 5.32 Å². The van der Waals surface area contributed by atoms with Gasteiger partial charge in [-0.1, -0.05) is 167 Å². The van der Waals surface area contributed by atoms with Crippen molar-refractivity contribution in [2.75, 3.05) is 6.61 Å². The van der Waals surface area contributed by atoms with E-state index >= 15 is 0 Å². The molecule has 3 atom stereocenters. The molecule has 41 heavy (non-hydrogen) atoms. The minimum atomic E-state index is -1.10. The smallest absolute Gasteiger partial charge is 0.249 e. The number of allylic oxidation sites excluding steroid dienone is 3. The Morgan fingerprint density at radius 2 is 1.00 bits per heavy atom. The minimum Gasteiger partial charge on any atom is -0.394 e. The Morgan fingerprint density at radius 3 is 1.49 bits per heavy atom. The molecule has 3 unspecified atom stereocenters. The predicted molar refractivity (Wildman–Crippen MR) is 176 cm³/mol. The Balaban J connectivity index is 3.70. The van der Waals surface area contributed by atoms with Gasteiger partial charge in [-0.25, -0.2) is 0 Å². The standard InChI is InChI=1S/C36H69NO4/c1-3-5-7-9-11-13-14-15-16-17-18-19-20-21-23-25-27-29-31-35(40)36(41)37-33(32-38)34(39)30-28-26-24-22-12-10-8-6-4-2/h12,22,28,30,33-35,38-40H,3-11,13-21,23-27,29,31-32H2,1-2H3,(H,37,41)/b22-12+,30-28+. The van der Waals surface area contributed by atoms with Crippen LogP contribution in [0, 0.1) is 0 Å². The quantitative estimate of drug-likeness (QED) is 0.0487. The second-order valence-corrected chi connectivity index (χ2v) is 12.1. The molecule has 5 nitrogen and oxygen atoms in total. The zero-order chi connectivity index (χ0) is 30.2. The topological polar surface area (TPSA) is 89.8 Å². The fourth-order valence-electron chi connectivity index (χ4n) is 5.20. The summed E-state index contributed by atoms with van der Waals surface area (Å²) in [4.78, 5) is 12.3. The molecular weight excluding hydrogens is 510 g/mol. The molecule has 0 aliphatic heterocycles. The first-order chi connectivity index (χ1) is 20.1. The first kappa shape index (κ1) is 39.8. The Labute approximate surface area is 254 Å². The van der Waals surface area contributed by atoms with Gasteiger partial charge in [0.1, 0.15) is 6.10 Å². The van der Waals surface area contributed by atoms with Crippen molar-refractivity contribution < 1.29 is 20.1 Å². The van der Waals surface area contributed by atoms with Crippen LogP contribution in [0.25, 0.3) is 0 Å². The monoisotopic (exact) mass is 580 g/mol. The third-order valence-electron chi connectivity index (χ3n) is 8.04. The lowest BCUT2D eigenvalue weighted by Crippen LogP contribution is -2.48. The predicted octanol–water partition coefficient (Wildman–Crippen LogP) is 9.09. The summed E-state index contributed by atoms with van der Waals surface area (Å²) >= 11 is 0. The Kier molecular flexibility index (Phi) is 30.9. The number of hydrogen-bond acceptors (Lipinski definition) is 4. The highest BCUT2D eigenvalue weighted by molar-refractivity contribution is 5.80. The van der Waals surface area contributed by atoms with Crippen molar-refractivity contribution in [1.82, 2.24) is 5.32 Å². The molecule has 0 rings (SSSR count). The van der Waals surface area contributed by atoms with E-state index in [2.05, 4.69) is 31.3 Å². The van der Waals surface area contributed by atoms with Crippen LogP contribution in [0.3, 0.4) is 0 Å². The summed E-state index contributed by atoms with van der Waals surface area (Å²) in [5, 5.41) is 32.8. The van der Waals surface area contributed by atoms with Gasteiger partial charge in [0.25, 0.3) is 0 Å². The van der Waals surface area contributed by atoms with Crippen molar-refractivity contribution in [3.8, 4) is 0 Å². The summed E-state index contributed by atoms with van der Waals surface area (Å²) in [7, 11) is 0. The van der Waals surface area contributed by atoms with Gasteiger partial charge in [-0.05, 0) is 32.1 Å². The molecule has 0 bridgehead atoms. The van der Waals surface area contributed by atoms with E-state index in [0.717, 1.165) is 38.5 Å². The van der Waals surface area contributed by atoms with E-state index in [1.807, 2.05) is 6.08 Å². The normalized spacial score (nSPS) is 14.2. The van der Waals surface area contributed by atoms with Crippen molar-refractivity contribution in [2.24, 2.45) is 0 Å².